The van der Waals surface area contributed by atoms with Crippen LogP contribution in [0, 0.1) is 5.92 Å². The number of hydrogen-bond acceptors (Lipinski definition) is 7. The zero-order valence-corrected chi connectivity index (χ0v) is 21.0. The summed E-state index contributed by atoms with van der Waals surface area (Å²) in [5, 5.41) is 2.95. The second-order valence-electron chi connectivity index (χ2n) is 7.89. The topological polar surface area (TPSA) is 92.3 Å². The molecule has 0 saturated carbocycles. The van der Waals surface area contributed by atoms with Crippen molar-refractivity contribution < 1.29 is 33.3 Å². The van der Waals surface area contributed by atoms with E-state index in [1.807, 2.05) is 12.1 Å². The van der Waals surface area contributed by atoms with Crippen LogP contribution in [0.15, 0.2) is 30.3 Å². The van der Waals surface area contributed by atoms with E-state index in [0.29, 0.717) is 48.5 Å². The van der Waals surface area contributed by atoms with Gasteiger partial charge in [0.2, 0.25) is 0 Å². The van der Waals surface area contributed by atoms with E-state index in [0.717, 1.165) is 12.0 Å². The highest BCUT2D eigenvalue weighted by Crippen LogP contribution is 2.37. The number of amides is 1. The Morgan fingerprint density at radius 3 is 2.32 bits per heavy atom. The largest absolute Gasteiger partial charge is 0.493 e. The third-order valence-electron chi connectivity index (χ3n) is 4.92. The van der Waals surface area contributed by atoms with Crippen LogP contribution in [0.4, 0.5) is 0 Å². The predicted octanol–water partition coefficient (Wildman–Crippen LogP) is 4.31. The Balaban J connectivity index is 1.86. The molecule has 0 heterocycles. The van der Waals surface area contributed by atoms with Gasteiger partial charge in [0.15, 0.2) is 29.6 Å². The molecule has 2 rings (SSSR count). The average molecular weight is 494 g/mol. The zero-order chi connectivity index (χ0) is 25.1. The Hall–Kier alpha value is -3.13. The second kappa shape index (κ2) is 13.5. The summed E-state index contributed by atoms with van der Waals surface area (Å²) < 4.78 is 26.6. The summed E-state index contributed by atoms with van der Waals surface area (Å²) >= 11 is 6.29. The minimum Gasteiger partial charge on any atom is -0.493 e. The molecule has 0 fully saturated rings. The molecular weight excluding hydrogens is 462 g/mol. The van der Waals surface area contributed by atoms with Crippen molar-refractivity contribution in [3.8, 4) is 23.0 Å². The highest BCUT2D eigenvalue weighted by atomic mass is 35.5. The van der Waals surface area contributed by atoms with Crippen molar-refractivity contribution in [3.05, 3.63) is 46.5 Å². The van der Waals surface area contributed by atoms with E-state index in [-0.39, 0.29) is 10.6 Å². The molecule has 1 amide bonds. The SMILES string of the molecule is COc1ccc(CCNC(=O)COC(=O)c2cc(Cl)c(OCCC(C)C)c(OC)c2)cc1OC. The zero-order valence-electron chi connectivity index (χ0n) is 20.2. The van der Waals surface area contributed by atoms with Gasteiger partial charge in [0.05, 0.1) is 38.5 Å². The molecule has 0 atom stereocenters. The Bertz CT molecular complexity index is 978. The van der Waals surface area contributed by atoms with E-state index >= 15 is 0 Å². The first kappa shape index (κ1) is 27.1. The molecule has 0 aliphatic rings. The van der Waals surface area contributed by atoms with Crippen LogP contribution in [0.25, 0.3) is 0 Å². The van der Waals surface area contributed by atoms with Gasteiger partial charge in [-0.25, -0.2) is 4.79 Å². The van der Waals surface area contributed by atoms with Gasteiger partial charge in [-0.05, 0) is 48.6 Å². The van der Waals surface area contributed by atoms with E-state index in [1.54, 1.807) is 20.3 Å². The predicted molar refractivity (Wildman–Crippen MR) is 129 cm³/mol. The summed E-state index contributed by atoms with van der Waals surface area (Å²) in [4.78, 5) is 24.5. The first-order valence-electron chi connectivity index (χ1n) is 10.9. The molecule has 186 valence electrons. The first-order valence-corrected chi connectivity index (χ1v) is 11.3. The van der Waals surface area contributed by atoms with Crippen molar-refractivity contribution in [1.29, 1.82) is 0 Å². The standard InChI is InChI=1S/C25H32ClNO7/c1-16(2)9-11-33-24-19(26)13-18(14-22(24)32-5)25(29)34-15-23(28)27-10-8-17-6-7-20(30-3)21(12-17)31-4/h6-7,12-14,16H,8-11,15H2,1-5H3,(H,27,28). The van der Waals surface area contributed by atoms with Gasteiger partial charge < -0.3 is 29.0 Å². The fraction of sp³-hybridized carbons (Fsp3) is 0.440. The Morgan fingerprint density at radius 2 is 1.68 bits per heavy atom. The van der Waals surface area contributed by atoms with Gasteiger partial charge in [0.1, 0.15) is 0 Å². The van der Waals surface area contributed by atoms with Crippen molar-refractivity contribution in [2.75, 3.05) is 41.1 Å². The number of halogens is 1. The summed E-state index contributed by atoms with van der Waals surface area (Å²) in [5.41, 5.74) is 1.13. The van der Waals surface area contributed by atoms with Crippen molar-refractivity contribution in [1.82, 2.24) is 5.32 Å². The molecule has 0 unspecified atom stereocenters. The van der Waals surface area contributed by atoms with Crippen LogP contribution in [-0.4, -0.2) is 53.0 Å². The molecule has 0 aliphatic heterocycles. The summed E-state index contributed by atoms with van der Waals surface area (Å²) in [6.45, 7) is 4.60. The highest BCUT2D eigenvalue weighted by molar-refractivity contribution is 6.32. The van der Waals surface area contributed by atoms with Crippen molar-refractivity contribution in [2.24, 2.45) is 5.92 Å². The van der Waals surface area contributed by atoms with Crippen LogP contribution in [0.2, 0.25) is 5.02 Å². The molecule has 0 aliphatic carbocycles. The molecule has 2 aromatic rings. The minimum atomic E-state index is -0.691. The van der Waals surface area contributed by atoms with Crippen LogP contribution in [0.5, 0.6) is 23.0 Å². The molecule has 34 heavy (non-hydrogen) atoms. The second-order valence-corrected chi connectivity index (χ2v) is 8.29. The number of benzene rings is 2. The molecule has 0 aromatic heterocycles. The quantitative estimate of drug-likeness (QED) is 0.416. The average Bonchev–Trinajstić information content (AvgIpc) is 2.82. The molecule has 1 N–H and O–H groups in total. The first-order chi connectivity index (χ1) is 16.3. The van der Waals surface area contributed by atoms with E-state index < -0.39 is 18.5 Å². The maximum absolute atomic E-state index is 12.4. The number of carbonyl (C=O) groups excluding carboxylic acids is 2. The number of carbonyl (C=O) groups is 2. The molecule has 0 radical (unpaired) electrons. The number of hydrogen-bond donors (Lipinski definition) is 1. The number of rotatable bonds is 13. The summed E-state index contributed by atoms with van der Waals surface area (Å²) in [6, 6.07) is 8.46. The fourth-order valence-electron chi connectivity index (χ4n) is 3.02. The summed E-state index contributed by atoms with van der Waals surface area (Å²) in [6.07, 6.45) is 1.43. The third kappa shape index (κ3) is 8.02. The maximum Gasteiger partial charge on any atom is 0.338 e. The summed E-state index contributed by atoms with van der Waals surface area (Å²) in [5.74, 6) is 1.31. The van der Waals surface area contributed by atoms with E-state index in [4.69, 9.17) is 35.3 Å². The minimum absolute atomic E-state index is 0.163. The van der Waals surface area contributed by atoms with Crippen LogP contribution in [0.1, 0.15) is 36.2 Å². The Labute approximate surface area is 205 Å². The monoisotopic (exact) mass is 493 g/mol. The van der Waals surface area contributed by atoms with Gasteiger partial charge in [-0.3, -0.25) is 4.79 Å². The molecule has 0 spiro atoms. The van der Waals surface area contributed by atoms with E-state index in [2.05, 4.69) is 19.2 Å². The molecule has 0 bridgehead atoms. The van der Waals surface area contributed by atoms with Gasteiger partial charge in [0, 0.05) is 6.54 Å². The van der Waals surface area contributed by atoms with Crippen LogP contribution < -0.4 is 24.3 Å². The maximum atomic E-state index is 12.4. The third-order valence-corrected chi connectivity index (χ3v) is 5.21. The lowest BCUT2D eigenvalue weighted by molar-refractivity contribution is -0.124. The lowest BCUT2D eigenvalue weighted by Gasteiger charge is -2.14. The van der Waals surface area contributed by atoms with Crippen molar-refractivity contribution in [3.63, 3.8) is 0 Å². The Morgan fingerprint density at radius 1 is 0.971 bits per heavy atom. The highest BCUT2D eigenvalue weighted by Gasteiger charge is 2.18. The lowest BCUT2D eigenvalue weighted by atomic mass is 10.1. The number of methoxy groups -OCH3 is 3. The van der Waals surface area contributed by atoms with Gasteiger partial charge >= 0.3 is 5.97 Å². The summed E-state index contributed by atoms with van der Waals surface area (Å²) in [7, 11) is 4.59. The number of ether oxygens (including phenoxy) is 5. The molecular formula is C25H32ClNO7. The van der Waals surface area contributed by atoms with Crippen LogP contribution >= 0.6 is 11.6 Å². The smallest absolute Gasteiger partial charge is 0.338 e. The van der Waals surface area contributed by atoms with Gasteiger partial charge in [-0.1, -0.05) is 31.5 Å². The molecule has 0 saturated heterocycles. The lowest BCUT2D eigenvalue weighted by Crippen LogP contribution is -2.30. The van der Waals surface area contributed by atoms with Crippen LogP contribution in [0.3, 0.4) is 0 Å². The molecule has 9 heteroatoms. The van der Waals surface area contributed by atoms with Gasteiger partial charge in [0.25, 0.3) is 5.91 Å². The van der Waals surface area contributed by atoms with Gasteiger partial charge in [-0.2, -0.15) is 0 Å². The molecule has 8 nitrogen and oxygen atoms in total. The Kier molecular flexibility index (Phi) is 10.8. The van der Waals surface area contributed by atoms with Crippen molar-refractivity contribution >= 4 is 23.5 Å². The number of nitrogens with one attached hydrogen (secondary N) is 1. The van der Waals surface area contributed by atoms with E-state index in [9.17, 15) is 9.59 Å². The normalized spacial score (nSPS) is 10.6. The molecule has 2 aromatic carbocycles. The number of esters is 1. The van der Waals surface area contributed by atoms with E-state index in [1.165, 1.54) is 19.2 Å². The van der Waals surface area contributed by atoms with Gasteiger partial charge in [-0.15, -0.1) is 0 Å². The van der Waals surface area contributed by atoms with Crippen LogP contribution in [-0.2, 0) is 16.0 Å². The van der Waals surface area contributed by atoms with Crippen molar-refractivity contribution in [2.45, 2.75) is 26.7 Å². The fourth-order valence-corrected chi connectivity index (χ4v) is 3.29.